The molecule has 1 unspecified atom stereocenters. The summed E-state index contributed by atoms with van der Waals surface area (Å²) < 4.78 is 0. The Balaban J connectivity index is 2.28. The topological polar surface area (TPSA) is 59.2 Å². The van der Waals surface area contributed by atoms with Gasteiger partial charge in [-0.15, -0.1) is 22.7 Å². The van der Waals surface area contributed by atoms with Crippen molar-refractivity contribution in [3.8, 4) is 9.88 Å². The number of thiazole rings is 1. The van der Waals surface area contributed by atoms with E-state index in [1.165, 1.54) is 11.3 Å². The minimum atomic E-state index is -0.00393. The van der Waals surface area contributed by atoms with Crippen molar-refractivity contribution in [1.29, 1.82) is 0 Å². The van der Waals surface area contributed by atoms with Crippen LogP contribution in [0.2, 0.25) is 0 Å². The van der Waals surface area contributed by atoms with Gasteiger partial charge in [0.05, 0.1) is 10.6 Å². The van der Waals surface area contributed by atoms with Crippen molar-refractivity contribution >= 4 is 28.6 Å². The lowest BCUT2D eigenvalue weighted by Gasteiger charge is -2.23. The third kappa shape index (κ3) is 2.86. The van der Waals surface area contributed by atoms with Gasteiger partial charge in [-0.2, -0.15) is 0 Å². The first-order valence-electron chi connectivity index (χ1n) is 6.03. The van der Waals surface area contributed by atoms with Crippen molar-refractivity contribution in [1.82, 2.24) is 9.88 Å². The number of nitrogens with zero attached hydrogens (tertiary/aromatic N) is 2. The first kappa shape index (κ1) is 14.2. The maximum atomic E-state index is 12.4. The van der Waals surface area contributed by atoms with E-state index in [1.807, 2.05) is 31.4 Å². The lowest BCUT2D eigenvalue weighted by molar-refractivity contribution is 0.0752. The van der Waals surface area contributed by atoms with Crippen LogP contribution in [0.5, 0.6) is 0 Å². The molecular formula is C13H17N3OS2. The summed E-state index contributed by atoms with van der Waals surface area (Å²) in [6.07, 6.45) is 0. The molecule has 2 aromatic rings. The van der Waals surface area contributed by atoms with Crippen LogP contribution in [0.4, 0.5) is 0 Å². The Labute approximate surface area is 120 Å². The van der Waals surface area contributed by atoms with Crippen molar-refractivity contribution in [3.05, 3.63) is 28.1 Å². The van der Waals surface area contributed by atoms with Crippen molar-refractivity contribution in [2.45, 2.75) is 19.9 Å². The summed E-state index contributed by atoms with van der Waals surface area (Å²) in [4.78, 5) is 20.4. The average Bonchev–Trinajstić information content (AvgIpc) is 3.04. The van der Waals surface area contributed by atoms with Gasteiger partial charge in [0.25, 0.3) is 5.91 Å². The van der Waals surface area contributed by atoms with Crippen molar-refractivity contribution in [2.75, 3.05) is 13.6 Å². The monoisotopic (exact) mass is 295 g/mol. The second-order valence-corrected chi connectivity index (χ2v) is 6.36. The highest BCUT2D eigenvalue weighted by Crippen LogP contribution is 2.31. The van der Waals surface area contributed by atoms with Crippen LogP contribution in [0.15, 0.2) is 17.5 Å². The van der Waals surface area contributed by atoms with Gasteiger partial charge >= 0.3 is 0 Å². The Kier molecular flexibility index (Phi) is 4.34. The molecule has 6 heteroatoms. The van der Waals surface area contributed by atoms with Crippen LogP contribution in [0.3, 0.4) is 0 Å². The fourth-order valence-corrected chi connectivity index (χ4v) is 3.46. The molecule has 2 heterocycles. The largest absolute Gasteiger partial charge is 0.337 e. The average molecular weight is 295 g/mol. The molecular weight excluding hydrogens is 278 g/mol. The van der Waals surface area contributed by atoms with E-state index in [0.717, 1.165) is 15.6 Å². The minimum Gasteiger partial charge on any atom is -0.337 e. The lowest BCUT2D eigenvalue weighted by atomic mass is 10.2. The first-order valence-corrected chi connectivity index (χ1v) is 7.72. The Morgan fingerprint density at radius 3 is 2.89 bits per heavy atom. The number of hydrogen-bond acceptors (Lipinski definition) is 5. The molecule has 0 aliphatic carbocycles. The van der Waals surface area contributed by atoms with Crippen LogP contribution in [0.25, 0.3) is 9.88 Å². The number of likely N-dealkylation sites (N-methyl/N-ethyl adjacent to an activating group) is 1. The van der Waals surface area contributed by atoms with Gasteiger partial charge in [-0.1, -0.05) is 6.07 Å². The van der Waals surface area contributed by atoms with Crippen LogP contribution < -0.4 is 5.73 Å². The Morgan fingerprint density at radius 2 is 2.32 bits per heavy atom. The molecule has 0 radical (unpaired) electrons. The van der Waals surface area contributed by atoms with E-state index in [0.29, 0.717) is 11.4 Å². The van der Waals surface area contributed by atoms with Gasteiger partial charge in [-0.3, -0.25) is 4.79 Å². The standard InChI is InChI=1S/C13H17N3OS2/c1-8(7-14)16(3)13(17)11-9(2)15-12(19-11)10-5-4-6-18-10/h4-6,8H,7,14H2,1-3H3. The van der Waals surface area contributed by atoms with E-state index < -0.39 is 0 Å². The van der Waals surface area contributed by atoms with Gasteiger partial charge in [0.15, 0.2) is 0 Å². The van der Waals surface area contributed by atoms with Crippen molar-refractivity contribution in [2.24, 2.45) is 5.73 Å². The molecule has 0 fully saturated rings. The smallest absolute Gasteiger partial charge is 0.265 e. The van der Waals surface area contributed by atoms with E-state index in [4.69, 9.17) is 5.73 Å². The zero-order valence-electron chi connectivity index (χ0n) is 11.2. The molecule has 2 aromatic heterocycles. The summed E-state index contributed by atoms with van der Waals surface area (Å²) in [6, 6.07) is 4.03. The maximum absolute atomic E-state index is 12.4. The summed E-state index contributed by atoms with van der Waals surface area (Å²) in [7, 11) is 1.78. The fraction of sp³-hybridized carbons (Fsp3) is 0.385. The summed E-state index contributed by atoms with van der Waals surface area (Å²) in [6.45, 7) is 4.27. The van der Waals surface area contributed by atoms with Crippen molar-refractivity contribution < 1.29 is 4.79 Å². The Bertz CT molecular complexity index is 562. The van der Waals surface area contributed by atoms with E-state index in [2.05, 4.69) is 4.98 Å². The third-order valence-corrected chi connectivity index (χ3v) is 5.23. The Hall–Kier alpha value is -1.24. The molecule has 0 aliphatic rings. The molecule has 19 heavy (non-hydrogen) atoms. The van der Waals surface area contributed by atoms with Gasteiger partial charge in [0, 0.05) is 19.6 Å². The molecule has 0 saturated heterocycles. The number of carbonyl (C=O) groups is 1. The fourth-order valence-electron chi connectivity index (χ4n) is 1.62. The number of rotatable bonds is 4. The van der Waals surface area contributed by atoms with Crippen LogP contribution >= 0.6 is 22.7 Å². The molecule has 1 atom stereocenters. The number of nitrogens with two attached hydrogens (primary N) is 1. The van der Waals surface area contributed by atoms with E-state index in [9.17, 15) is 4.79 Å². The molecule has 1 amide bonds. The first-order chi connectivity index (χ1) is 9.04. The van der Waals surface area contributed by atoms with E-state index in [1.54, 1.807) is 23.3 Å². The number of aryl methyl sites for hydroxylation is 1. The molecule has 0 spiro atoms. The maximum Gasteiger partial charge on any atom is 0.265 e. The van der Waals surface area contributed by atoms with Gasteiger partial charge in [0.1, 0.15) is 9.88 Å². The predicted molar refractivity (Wildman–Crippen MR) is 80.8 cm³/mol. The second-order valence-electron chi connectivity index (χ2n) is 4.41. The summed E-state index contributed by atoms with van der Waals surface area (Å²) in [5.41, 5.74) is 6.39. The molecule has 0 saturated carbocycles. The zero-order chi connectivity index (χ0) is 14.0. The quantitative estimate of drug-likeness (QED) is 0.943. The van der Waals surface area contributed by atoms with E-state index >= 15 is 0 Å². The number of amides is 1. The lowest BCUT2D eigenvalue weighted by Crippen LogP contribution is -2.39. The predicted octanol–water partition coefficient (Wildman–Crippen LogP) is 2.60. The van der Waals surface area contributed by atoms with Gasteiger partial charge < -0.3 is 10.6 Å². The summed E-state index contributed by atoms with van der Waals surface area (Å²) in [5.74, 6) is -0.00393. The summed E-state index contributed by atoms with van der Waals surface area (Å²) >= 11 is 3.08. The molecule has 2 rings (SSSR count). The van der Waals surface area contributed by atoms with Crippen LogP contribution in [-0.2, 0) is 0 Å². The molecule has 102 valence electrons. The normalized spacial score (nSPS) is 12.4. The molecule has 0 bridgehead atoms. The summed E-state index contributed by atoms with van der Waals surface area (Å²) in [5, 5.41) is 2.92. The SMILES string of the molecule is Cc1nc(-c2cccs2)sc1C(=O)N(C)C(C)CN. The Morgan fingerprint density at radius 1 is 1.58 bits per heavy atom. The molecule has 0 aromatic carbocycles. The zero-order valence-corrected chi connectivity index (χ0v) is 12.8. The molecule has 2 N–H and O–H groups in total. The van der Waals surface area contributed by atoms with Crippen LogP contribution in [0, 0.1) is 6.92 Å². The van der Waals surface area contributed by atoms with Crippen molar-refractivity contribution in [3.63, 3.8) is 0 Å². The number of hydrogen-bond donors (Lipinski definition) is 1. The molecule has 0 aliphatic heterocycles. The number of aromatic nitrogens is 1. The molecule has 4 nitrogen and oxygen atoms in total. The highest BCUT2D eigenvalue weighted by atomic mass is 32.1. The van der Waals surface area contributed by atoms with Crippen LogP contribution in [-0.4, -0.2) is 35.4 Å². The van der Waals surface area contributed by atoms with Gasteiger partial charge in [-0.25, -0.2) is 4.98 Å². The van der Waals surface area contributed by atoms with Gasteiger partial charge in [0.2, 0.25) is 0 Å². The highest BCUT2D eigenvalue weighted by Gasteiger charge is 2.22. The number of carbonyl (C=O) groups excluding carboxylic acids is 1. The van der Waals surface area contributed by atoms with Gasteiger partial charge in [-0.05, 0) is 25.3 Å². The minimum absolute atomic E-state index is 0.00393. The second kappa shape index (κ2) is 5.81. The highest BCUT2D eigenvalue weighted by molar-refractivity contribution is 7.22. The third-order valence-electron chi connectivity index (χ3n) is 3.05. The van der Waals surface area contributed by atoms with Crippen LogP contribution in [0.1, 0.15) is 22.3 Å². The van der Waals surface area contributed by atoms with E-state index in [-0.39, 0.29) is 11.9 Å². The number of thiophene rings is 1.